The number of hydrogen-bond donors (Lipinski definition) is 0. The normalized spacial score (nSPS) is 12.9. The van der Waals surface area contributed by atoms with E-state index in [9.17, 15) is 13.2 Å². The molecule has 0 N–H and O–H groups in total. The molecule has 0 heterocycles. The summed E-state index contributed by atoms with van der Waals surface area (Å²) in [5.41, 5.74) is 2.96. The number of ether oxygens (including phenoxy) is 1. The molecule has 0 fully saturated rings. The van der Waals surface area contributed by atoms with Crippen molar-refractivity contribution in [3.05, 3.63) is 63.6 Å². The van der Waals surface area contributed by atoms with E-state index in [1.54, 1.807) is 0 Å². The molecule has 5 heteroatoms. The van der Waals surface area contributed by atoms with Crippen molar-refractivity contribution in [1.82, 2.24) is 0 Å². The zero-order chi connectivity index (χ0) is 17.7. The van der Waals surface area contributed by atoms with E-state index in [1.807, 2.05) is 56.3 Å². The number of alkyl halides is 3. The first-order valence-electron chi connectivity index (χ1n) is 7.81. The molecule has 1 atom stereocenters. The molecule has 0 spiro atoms. The third-order valence-electron chi connectivity index (χ3n) is 3.79. The summed E-state index contributed by atoms with van der Waals surface area (Å²) in [6.45, 7) is 3.93. The molecule has 0 aromatic heterocycles. The summed E-state index contributed by atoms with van der Waals surface area (Å²) in [7, 11) is 0. The van der Waals surface area contributed by atoms with E-state index in [4.69, 9.17) is 4.74 Å². The molecule has 0 aliphatic heterocycles. The van der Waals surface area contributed by atoms with Gasteiger partial charge in [-0.3, -0.25) is 0 Å². The fourth-order valence-corrected chi connectivity index (χ4v) is 2.82. The highest BCUT2D eigenvalue weighted by Gasteiger charge is 2.27. The molecule has 2 rings (SSSR count). The van der Waals surface area contributed by atoms with Crippen LogP contribution in [0.25, 0.3) is 0 Å². The van der Waals surface area contributed by atoms with Gasteiger partial charge < -0.3 is 4.74 Å². The largest absolute Gasteiger partial charge is 0.486 e. The highest BCUT2D eigenvalue weighted by Crippen LogP contribution is 2.32. The Hall–Kier alpha value is -1.49. The quantitative estimate of drug-likeness (QED) is 0.511. The number of rotatable bonds is 6. The van der Waals surface area contributed by atoms with E-state index < -0.39 is 18.7 Å². The highest BCUT2D eigenvalue weighted by molar-refractivity contribution is 9.10. The number of halogens is 4. The predicted octanol–water partition coefficient (Wildman–Crippen LogP) is 6.92. The molecule has 0 saturated heterocycles. The zero-order valence-corrected chi connectivity index (χ0v) is 15.2. The minimum Gasteiger partial charge on any atom is -0.486 e. The summed E-state index contributed by atoms with van der Waals surface area (Å²) in [5, 5.41) is 0. The van der Waals surface area contributed by atoms with Crippen molar-refractivity contribution in [3.8, 4) is 5.75 Å². The summed E-state index contributed by atoms with van der Waals surface area (Å²) < 4.78 is 44.4. The zero-order valence-electron chi connectivity index (χ0n) is 13.7. The minimum atomic E-state index is -4.13. The average Bonchev–Trinajstić information content (AvgIpc) is 2.51. The summed E-state index contributed by atoms with van der Waals surface area (Å²) in [6.07, 6.45) is -4.96. The predicted molar refractivity (Wildman–Crippen MR) is 93.3 cm³/mol. The van der Waals surface area contributed by atoms with Crippen molar-refractivity contribution >= 4 is 15.9 Å². The van der Waals surface area contributed by atoms with Gasteiger partial charge in [-0.05, 0) is 55.5 Å². The Morgan fingerprint density at radius 1 is 1.04 bits per heavy atom. The van der Waals surface area contributed by atoms with Crippen LogP contribution in [0, 0.1) is 13.8 Å². The molecule has 0 aliphatic carbocycles. The van der Waals surface area contributed by atoms with Gasteiger partial charge in [-0.15, -0.1) is 0 Å². The lowest BCUT2D eigenvalue weighted by molar-refractivity contribution is -0.136. The van der Waals surface area contributed by atoms with Gasteiger partial charge in [0.1, 0.15) is 11.9 Å². The lowest BCUT2D eigenvalue weighted by Gasteiger charge is -2.21. The monoisotopic (exact) mass is 400 g/mol. The summed E-state index contributed by atoms with van der Waals surface area (Å²) in [5.74, 6) is 0.675. The van der Waals surface area contributed by atoms with Gasteiger partial charge in [-0.2, -0.15) is 13.2 Å². The van der Waals surface area contributed by atoms with Gasteiger partial charge in [0.2, 0.25) is 0 Å². The lowest BCUT2D eigenvalue weighted by atomic mass is 10.0. The summed E-state index contributed by atoms with van der Waals surface area (Å²) >= 11 is 3.51. The third-order valence-corrected chi connectivity index (χ3v) is 5.04. The maximum Gasteiger partial charge on any atom is 0.389 e. The van der Waals surface area contributed by atoms with Crippen LogP contribution in [0.4, 0.5) is 13.2 Å². The lowest BCUT2D eigenvalue weighted by Crippen LogP contribution is -2.11. The molecular weight excluding hydrogens is 381 g/mol. The van der Waals surface area contributed by atoms with Gasteiger partial charge >= 0.3 is 6.18 Å². The maximum absolute atomic E-state index is 12.4. The van der Waals surface area contributed by atoms with Crippen LogP contribution in [-0.4, -0.2) is 6.18 Å². The van der Waals surface area contributed by atoms with Crippen molar-refractivity contribution in [2.45, 2.75) is 45.4 Å². The first-order valence-corrected chi connectivity index (χ1v) is 8.60. The Balaban J connectivity index is 2.17. The molecule has 0 saturated carbocycles. The average molecular weight is 401 g/mol. The molecular formula is C19H20BrF3O. The van der Waals surface area contributed by atoms with Crippen LogP contribution in [0.5, 0.6) is 5.75 Å². The molecule has 0 radical (unpaired) electrons. The second kappa shape index (κ2) is 8.06. The highest BCUT2D eigenvalue weighted by atomic mass is 79.9. The Labute approximate surface area is 149 Å². The van der Waals surface area contributed by atoms with Crippen molar-refractivity contribution in [3.63, 3.8) is 0 Å². The molecule has 1 unspecified atom stereocenters. The molecule has 0 bridgehead atoms. The van der Waals surface area contributed by atoms with Crippen molar-refractivity contribution in [2.24, 2.45) is 0 Å². The van der Waals surface area contributed by atoms with E-state index in [-0.39, 0.29) is 6.42 Å². The number of benzene rings is 2. The van der Waals surface area contributed by atoms with Gasteiger partial charge in [-0.25, -0.2) is 0 Å². The fourth-order valence-electron chi connectivity index (χ4n) is 2.59. The van der Waals surface area contributed by atoms with Crippen LogP contribution in [0.1, 0.15) is 42.1 Å². The Morgan fingerprint density at radius 2 is 1.62 bits per heavy atom. The smallest absolute Gasteiger partial charge is 0.389 e. The minimum absolute atomic E-state index is 0.0392. The first-order chi connectivity index (χ1) is 11.3. The second-order valence-corrected chi connectivity index (χ2v) is 6.69. The fraction of sp³-hybridized carbons (Fsp3) is 0.368. The van der Waals surface area contributed by atoms with E-state index in [0.29, 0.717) is 12.2 Å². The molecule has 2 aromatic rings. The molecule has 130 valence electrons. The van der Waals surface area contributed by atoms with Crippen molar-refractivity contribution in [1.29, 1.82) is 0 Å². The molecule has 24 heavy (non-hydrogen) atoms. The van der Waals surface area contributed by atoms with Gasteiger partial charge in [0.25, 0.3) is 0 Å². The summed E-state index contributed by atoms with van der Waals surface area (Å²) in [6, 6.07) is 13.2. The van der Waals surface area contributed by atoms with Crippen LogP contribution in [0.3, 0.4) is 0 Å². The Kier molecular flexibility index (Phi) is 6.33. The first kappa shape index (κ1) is 18.8. The third kappa shape index (κ3) is 5.55. The Morgan fingerprint density at radius 3 is 2.17 bits per heavy atom. The van der Waals surface area contributed by atoms with Gasteiger partial charge in [-0.1, -0.05) is 46.3 Å². The summed E-state index contributed by atoms with van der Waals surface area (Å²) in [4.78, 5) is 0. The van der Waals surface area contributed by atoms with E-state index >= 15 is 0 Å². The van der Waals surface area contributed by atoms with E-state index in [2.05, 4.69) is 15.9 Å². The molecule has 0 aliphatic rings. The number of aryl methyl sites for hydroxylation is 2. The van der Waals surface area contributed by atoms with E-state index in [1.165, 1.54) is 0 Å². The molecule has 0 amide bonds. The molecule has 2 aromatic carbocycles. The SMILES string of the molecule is Cc1cc(OC(CCCC(F)(F)F)c2ccccc2)cc(C)c1Br. The second-order valence-electron chi connectivity index (χ2n) is 5.90. The van der Waals surface area contributed by atoms with Crippen molar-refractivity contribution < 1.29 is 17.9 Å². The van der Waals surface area contributed by atoms with Crippen LogP contribution in [0.2, 0.25) is 0 Å². The van der Waals surface area contributed by atoms with Crippen LogP contribution in [-0.2, 0) is 0 Å². The maximum atomic E-state index is 12.4. The molecule has 1 nitrogen and oxygen atoms in total. The van der Waals surface area contributed by atoms with Crippen molar-refractivity contribution in [2.75, 3.05) is 0 Å². The van der Waals surface area contributed by atoms with Crippen LogP contribution < -0.4 is 4.74 Å². The van der Waals surface area contributed by atoms with E-state index in [0.717, 1.165) is 21.2 Å². The van der Waals surface area contributed by atoms with Crippen LogP contribution in [0.15, 0.2) is 46.9 Å². The van der Waals surface area contributed by atoms with Crippen LogP contribution >= 0.6 is 15.9 Å². The van der Waals surface area contributed by atoms with Gasteiger partial charge in [0, 0.05) is 10.9 Å². The topological polar surface area (TPSA) is 9.23 Å². The van der Waals surface area contributed by atoms with Gasteiger partial charge in [0.05, 0.1) is 0 Å². The number of hydrogen-bond acceptors (Lipinski definition) is 1. The standard InChI is InChI=1S/C19H20BrF3O/c1-13-11-16(12-14(2)18(13)20)24-17(9-6-10-19(21,22)23)15-7-4-3-5-8-15/h3-5,7-8,11-12,17H,6,9-10H2,1-2H3. The van der Waals surface area contributed by atoms with Gasteiger partial charge in [0.15, 0.2) is 0 Å². The Bertz CT molecular complexity index is 645.